The summed E-state index contributed by atoms with van der Waals surface area (Å²) in [7, 11) is 3.38. The van der Waals surface area contributed by atoms with E-state index in [0.29, 0.717) is 19.5 Å². The molecular formula is C30H38N6O5. The lowest BCUT2D eigenvalue weighted by Gasteiger charge is -2.55. The first-order valence-corrected chi connectivity index (χ1v) is 13.7. The summed E-state index contributed by atoms with van der Waals surface area (Å²) in [6.07, 6.45) is 1.82. The van der Waals surface area contributed by atoms with Crippen LogP contribution in [0, 0.1) is 0 Å². The van der Waals surface area contributed by atoms with E-state index in [-0.39, 0.29) is 55.9 Å². The summed E-state index contributed by atoms with van der Waals surface area (Å²) in [5.41, 5.74) is 1.70. The third-order valence-corrected chi connectivity index (χ3v) is 7.35. The van der Waals surface area contributed by atoms with Gasteiger partial charge in [-0.05, 0) is 29.7 Å². The number of amides is 5. The zero-order valence-corrected chi connectivity index (χ0v) is 23.6. The van der Waals surface area contributed by atoms with Crippen molar-refractivity contribution < 1.29 is 24.3 Å². The SMILES string of the molecule is C=CCN1CC(=O)N2C(CN(CCCC(=O)N(C)C)C(=O)[C@@H]2Cc2ccc(O)cc2)N1C(=O)NCc1ccccc1. The Balaban J connectivity index is 1.64. The maximum absolute atomic E-state index is 13.8. The highest BCUT2D eigenvalue weighted by Gasteiger charge is 2.51. The molecule has 2 saturated heterocycles. The highest BCUT2D eigenvalue weighted by molar-refractivity contribution is 5.91. The molecule has 41 heavy (non-hydrogen) atoms. The van der Waals surface area contributed by atoms with Crippen LogP contribution in [0.15, 0.2) is 67.3 Å². The zero-order chi connectivity index (χ0) is 29.5. The molecule has 2 N–H and O–H groups in total. The summed E-state index contributed by atoms with van der Waals surface area (Å²) in [6, 6.07) is 14.8. The van der Waals surface area contributed by atoms with Crippen LogP contribution in [-0.2, 0) is 27.3 Å². The molecule has 2 aromatic carbocycles. The van der Waals surface area contributed by atoms with E-state index in [4.69, 9.17) is 0 Å². The van der Waals surface area contributed by atoms with Gasteiger partial charge in [0.1, 0.15) is 18.0 Å². The number of piperazine rings is 1. The van der Waals surface area contributed by atoms with Crippen LogP contribution in [0.1, 0.15) is 24.0 Å². The Morgan fingerprint density at radius 2 is 1.78 bits per heavy atom. The first-order chi connectivity index (χ1) is 19.7. The monoisotopic (exact) mass is 562 g/mol. The van der Waals surface area contributed by atoms with E-state index >= 15 is 0 Å². The first-order valence-electron chi connectivity index (χ1n) is 13.7. The molecule has 0 saturated carbocycles. The Labute approximate surface area is 240 Å². The number of nitrogens with zero attached hydrogens (tertiary/aromatic N) is 5. The molecule has 0 radical (unpaired) electrons. The quantitative estimate of drug-likeness (QED) is 0.427. The van der Waals surface area contributed by atoms with Crippen molar-refractivity contribution in [3.63, 3.8) is 0 Å². The zero-order valence-electron chi connectivity index (χ0n) is 23.6. The third kappa shape index (κ3) is 7.04. The Hall–Kier alpha value is -4.38. The smallest absolute Gasteiger partial charge is 0.334 e. The van der Waals surface area contributed by atoms with E-state index in [9.17, 15) is 24.3 Å². The van der Waals surface area contributed by atoms with Gasteiger partial charge in [-0.25, -0.2) is 14.8 Å². The summed E-state index contributed by atoms with van der Waals surface area (Å²) in [5.74, 6) is -0.432. The number of aromatic hydroxyl groups is 1. The Kier molecular flexibility index (Phi) is 9.61. The number of nitrogens with one attached hydrogen (secondary N) is 1. The van der Waals surface area contributed by atoms with E-state index in [1.165, 1.54) is 26.9 Å². The summed E-state index contributed by atoms with van der Waals surface area (Å²) in [4.78, 5) is 58.0. The topological polar surface area (TPSA) is 117 Å². The van der Waals surface area contributed by atoms with Crippen LogP contribution < -0.4 is 5.32 Å². The molecule has 1 unspecified atom stereocenters. The van der Waals surface area contributed by atoms with Gasteiger partial charge in [-0.3, -0.25) is 14.4 Å². The summed E-state index contributed by atoms with van der Waals surface area (Å²) >= 11 is 0. The van der Waals surface area contributed by atoms with Crippen molar-refractivity contribution in [2.45, 2.75) is 38.0 Å². The molecular weight excluding hydrogens is 524 g/mol. The van der Waals surface area contributed by atoms with Crippen LogP contribution >= 0.6 is 0 Å². The second-order valence-corrected chi connectivity index (χ2v) is 10.5. The number of phenolic OH excluding ortho intramolecular Hbond substituents is 1. The van der Waals surface area contributed by atoms with Gasteiger partial charge in [0.2, 0.25) is 17.7 Å². The number of hydrogen-bond acceptors (Lipinski definition) is 6. The molecule has 11 heteroatoms. The third-order valence-electron chi connectivity index (χ3n) is 7.35. The molecule has 2 aliphatic heterocycles. The number of hydrogen-bond donors (Lipinski definition) is 2. The number of benzene rings is 2. The van der Waals surface area contributed by atoms with Crippen molar-refractivity contribution in [3.8, 4) is 5.75 Å². The number of fused-ring (bicyclic) bond motifs is 1. The Morgan fingerprint density at radius 1 is 1.07 bits per heavy atom. The fourth-order valence-corrected chi connectivity index (χ4v) is 5.26. The van der Waals surface area contributed by atoms with Crippen molar-refractivity contribution in [1.82, 2.24) is 30.0 Å². The average Bonchev–Trinajstić information content (AvgIpc) is 2.95. The minimum Gasteiger partial charge on any atom is -0.508 e. The first kappa shape index (κ1) is 29.6. The van der Waals surface area contributed by atoms with Crippen molar-refractivity contribution in [1.29, 1.82) is 0 Å². The lowest BCUT2D eigenvalue weighted by molar-refractivity contribution is -0.189. The van der Waals surface area contributed by atoms with Crippen LogP contribution in [-0.4, -0.2) is 106 Å². The number of carbonyl (C=O) groups is 4. The summed E-state index contributed by atoms with van der Waals surface area (Å²) in [6.45, 7) is 4.70. The standard InChI is InChI=1S/C30H38N6O5/c1-4-16-34-21-28(39)35-25(18-22-12-14-24(37)15-13-22)29(40)33(17-8-11-27(38)32(2)3)20-26(35)36(34)30(41)31-19-23-9-6-5-7-10-23/h4-7,9-10,12-15,25-26,37H,1,8,11,16-21H2,2-3H3,(H,31,41)/t25-,26?/m0/s1. The second kappa shape index (κ2) is 13.3. The fourth-order valence-electron chi connectivity index (χ4n) is 5.26. The normalized spacial score (nSPS) is 19.1. The predicted octanol–water partition coefficient (Wildman–Crippen LogP) is 1.80. The number of hydrazine groups is 1. The lowest BCUT2D eigenvalue weighted by atomic mass is 9.98. The molecule has 0 aromatic heterocycles. The number of carbonyl (C=O) groups excluding carboxylic acids is 4. The van der Waals surface area contributed by atoms with Gasteiger partial charge >= 0.3 is 6.03 Å². The van der Waals surface area contributed by atoms with Crippen molar-refractivity contribution in [3.05, 3.63) is 78.4 Å². The average molecular weight is 563 g/mol. The van der Waals surface area contributed by atoms with E-state index in [0.717, 1.165) is 11.1 Å². The van der Waals surface area contributed by atoms with Crippen molar-refractivity contribution >= 4 is 23.8 Å². The maximum atomic E-state index is 13.8. The molecule has 2 fully saturated rings. The van der Waals surface area contributed by atoms with Gasteiger partial charge in [-0.1, -0.05) is 48.5 Å². The number of rotatable bonds is 10. The van der Waals surface area contributed by atoms with Crippen LogP contribution in [0.25, 0.3) is 0 Å². The minimum atomic E-state index is -0.856. The Bertz CT molecular complexity index is 1250. The summed E-state index contributed by atoms with van der Waals surface area (Å²) in [5, 5.41) is 15.9. The van der Waals surface area contributed by atoms with E-state index < -0.39 is 18.2 Å². The molecule has 2 aliphatic rings. The fraction of sp³-hybridized carbons (Fsp3) is 0.400. The molecule has 0 aliphatic carbocycles. The molecule has 0 bridgehead atoms. The van der Waals surface area contributed by atoms with E-state index in [1.54, 1.807) is 42.2 Å². The van der Waals surface area contributed by atoms with Gasteiger partial charge in [-0.15, -0.1) is 6.58 Å². The van der Waals surface area contributed by atoms with Crippen LogP contribution in [0.2, 0.25) is 0 Å². The molecule has 2 atom stereocenters. The summed E-state index contributed by atoms with van der Waals surface area (Å²) < 4.78 is 0. The number of urea groups is 1. The molecule has 2 heterocycles. The van der Waals surface area contributed by atoms with Crippen molar-refractivity contribution in [2.75, 3.05) is 40.3 Å². The minimum absolute atomic E-state index is 0.0383. The lowest BCUT2D eigenvalue weighted by Crippen LogP contribution is -2.76. The molecule has 4 rings (SSSR count). The molecule has 11 nitrogen and oxygen atoms in total. The molecule has 2 aromatic rings. The molecule has 218 valence electrons. The highest BCUT2D eigenvalue weighted by Crippen LogP contribution is 2.29. The van der Waals surface area contributed by atoms with E-state index in [1.807, 2.05) is 30.3 Å². The second-order valence-electron chi connectivity index (χ2n) is 10.5. The molecule has 5 amide bonds. The highest BCUT2D eigenvalue weighted by atomic mass is 16.3. The largest absolute Gasteiger partial charge is 0.508 e. The van der Waals surface area contributed by atoms with Crippen molar-refractivity contribution in [2.24, 2.45) is 0 Å². The van der Waals surface area contributed by atoms with Gasteiger partial charge < -0.3 is 25.1 Å². The Morgan fingerprint density at radius 3 is 2.44 bits per heavy atom. The maximum Gasteiger partial charge on any atom is 0.334 e. The van der Waals surface area contributed by atoms with Gasteiger partial charge in [0, 0.05) is 46.6 Å². The van der Waals surface area contributed by atoms with Crippen LogP contribution in [0.5, 0.6) is 5.75 Å². The van der Waals surface area contributed by atoms with Gasteiger partial charge in [0.05, 0.1) is 13.1 Å². The number of phenols is 1. The van der Waals surface area contributed by atoms with Gasteiger partial charge in [0.25, 0.3) is 0 Å². The van der Waals surface area contributed by atoms with Crippen LogP contribution in [0.3, 0.4) is 0 Å². The van der Waals surface area contributed by atoms with Gasteiger partial charge in [0.15, 0.2) is 0 Å². The van der Waals surface area contributed by atoms with Gasteiger partial charge in [-0.2, -0.15) is 0 Å². The predicted molar refractivity (Wildman–Crippen MR) is 153 cm³/mol. The van der Waals surface area contributed by atoms with Crippen LogP contribution in [0.4, 0.5) is 4.79 Å². The molecule has 0 spiro atoms. The van der Waals surface area contributed by atoms with E-state index in [2.05, 4.69) is 11.9 Å².